The van der Waals surface area contributed by atoms with Crippen molar-refractivity contribution in [3.63, 3.8) is 0 Å². The summed E-state index contributed by atoms with van der Waals surface area (Å²) in [6.07, 6.45) is 7.03. The van der Waals surface area contributed by atoms with E-state index in [1.165, 1.54) is 31.5 Å². The molecule has 0 bridgehead atoms. The van der Waals surface area contributed by atoms with Crippen molar-refractivity contribution < 1.29 is 14.9 Å². The highest BCUT2D eigenvalue weighted by molar-refractivity contribution is 5.97. The van der Waals surface area contributed by atoms with Crippen LogP contribution < -0.4 is 10.5 Å². The van der Waals surface area contributed by atoms with Crippen LogP contribution in [-0.4, -0.2) is 27.6 Å². The number of pyridine rings is 1. The van der Waals surface area contributed by atoms with Gasteiger partial charge in [0, 0.05) is 17.8 Å². The van der Waals surface area contributed by atoms with E-state index < -0.39 is 4.92 Å². The van der Waals surface area contributed by atoms with Gasteiger partial charge in [-0.3, -0.25) is 10.1 Å². The lowest BCUT2D eigenvalue weighted by Crippen LogP contribution is -2.17. The van der Waals surface area contributed by atoms with Gasteiger partial charge in [-0.2, -0.15) is 0 Å². The van der Waals surface area contributed by atoms with Crippen molar-refractivity contribution in [3.8, 4) is 5.88 Å². The van der Waals surface area contributed by atoms with E-state index in [9.17, 15) is 10.1 Å². The number of nitrogens with zero attached hydrogens (tertiary/aromatic N) is 3. The molecule has 1 heterocycles. The first-order valence-electron chi connectivity index (χ1n) is 6.87. The van der Waals surface area contributed by atoms with Gasteiger partial charge < -0.3 is 15.7 Å². The Morgan fingerprint density at radius 3 is 2.86 bits per heavy atom. The van der Waals surface area contributed by atoms with Crippen LogP contribution in [0.1, 0.15) is 37.7 Å². The van der Waals surface area contributed by atoms with Crippen LogP contribution >= 0.6 is 0 Å². The molecule has 0 aliphatic heterocycles. The van der Waals surface area contributed by atoms with E-state index in [0.717, 1.165) is 12.8 Å². The van der Waals surface area contributed by atoms with E-state index in [1.54, 1.807) is 0 Å². The summed E-state index contributed by atoms with van der Waals surface area (Å²) < 4.78 is 5.51. The molecule has 1 fully saturated rings. The van der Waals surface area contributed by atoms with Gasteiger partial charge in [-0.05, 0) is 18.8 Å². The maximum atomic E-state index is 11.1. The van der Waals surface area contributed by atoms with Gasteiger partial charge in [0.1, 0.15) is 0 Å². The van der Waals surface area contributed by atoms with Crippen molar-refractivity contribution in [2.45, 2.75) is 32.1 Å². The van der Waals surface area contributed by atoms with Crippen LogP contribution in [0.3, 0.4) is 0 Å². The van der Waals surface area contributed by atoms with Crippen LogP contribution in [0, 0.1) is 16.0 Å². The molecule has 1 aliphatic carbocycles. The van der Waals surface area contributed by atoms with Crippen LogP contribution in [-0.2, 0) is 0 Å². The fourth-order valence-corrected chi connectivity index (χ4v) is 2.43. The molecule has 0 amide bonds. The van der Waals surface area contributed by atoms with Gasteiger partial charge in [0.15, 0.2) is 5.84 Å². The predicted molar refractivity (Wildman–Crippen MR) is 75.5 cm³/mol. The minimum Gasteiger partial charge on any atom is -0.473 e. The first-order valence-corrected chi connectivity index (χ1v) is 6.87. The summed E-state index contributed by atoms with van der Waals surface area (Å²) in [5.74, 6) is 0.161. The van der Waals surface area contributed by atoms with Crippen molar-refractivity contribution >= 4 is 11.5 Å². The zero-order valence-electron chi connectivity index (χ0n) is 11.6. The summed E-state index contributed by atoms with van der Waals surface area (Å²) in [6, 6.07) is 1.19. The molecule has 0 unspecified atom stereocenters. The molecular weight excluding hydrogens is 276 g/mol. The largest absolute Gasteiger partial charge is 0.473 e. The van der Waals surface area contributed by atoms with Crippen LogP contribution in [0.5, 0.6) is 5.88 Å². The van der Waals surface area contributed by atoms with Gasteiger partial charge in [-0.25, -0.2) is 4.98 Å². The zero-order valence-corrected chi connectivity index (χ0v) is 11.6. The van der Waals surface area contributed by atoms with E-state index in [-0.39, 0.29) is 23.0 Å². The molecule has 0 spiro atoms. The third-order valence-electron chi connectivity index (χ3n) is 3.61. The van der Waals surface area contributed by atoms with Gasteiger partial charge in [-0.15, -0.1) is 0 Å². The molecule has 1 aliphatic rings. The number of nitro groups is 1. The van der Waals surface area contributed by atoms with Crippen molar-refractivity contribution in [3.05, 3.63) is 27.9 Å². The number of rotatable bonds is 5. The highest BCUT2D eigenvalue weighted by Gasteiger charge is 2.21. The minimum atomic E-state index is -0.586. The first kappa shape index (κ1) is 15.0. The molecule has 1 aromatic rings. The first-order chi connectivity index (χ1) is 10.1. The van der Waals surface area contributed by atoms with E-state index in [4.69, 9.17) is 15.7 Å². The van der Waals surface area contributed by atoms with Crippen molar-refractivity contribution in [1.29, 1.82) is 0 Å². The third kappa shape index (κ3) is 3.80. The van der Waals surface area contributed by atoms with Gasteiger partial charge >= 0.3 is 5.69 Å². The molecule has 21 heavy (non-hydrogen) atoms. The predicted octanol–water partition coefficient (Wildman–Crippen LogP) is 2.04. The lowest BCUT2D eigenvalue weighted by atomic mass is 9.90. The SMILES string of the molecule is NC(=NO)c1cnc(OCC2CCCCC2)c([N+](=O)[O-])c1. The van der Waals surface area contributed by atoms with E-state index in [2.05, 4.69) is 10.1 Å². The fraction of sp³-hybridized carbons (Fsp3) is 0.538. The van der Waals surface area contributed by atoms with Crippen molar-refractivity contribution in [2.75, 3.05) is 6.61 Å². The lowest BCUT2D eigenvalue weighted by Gasteiger charge is -2.21. The van der Waals surface area contributed by atoms with Gasteiger partial charge in [0.05, 0.1) is 11.5 Å². The Morgan fingerprint density at radius 1 is 1.52 bits per heavy atom. The van der Waals surface area contributed by atoms with Crippen molar-refractivity contribution in [1.82, 2.24) is 4.98 Å². The fourth-order valence-electron chi connectivity index (χ4n) is 2.43. The Morgan fingerprint density at radius 2 is 2.24 bits per heavy atom. The Balaban J connectivity index is 2.12. The third-order valence-corrected chi connectivity index (χ3v) is 3.61. The van der Waals surface area contributed by atoms with Gasteiger partial charge in [0.2, 0.25) is 0 Å². The number of hydrogen-bond donors (Lipinski definition) is 2. The monoisotopic (exact) mass is 294 g/mol. The number of aromatic nitrogens is 1. The quantitative estimate of drug-likeness (QED) is 0.281. The van der Waals surface area contributed by atoms with Crippen LogP contribution in [0.25, 0.3) is 0 Å². The summed E-state index contributed by atoms with van der Waals surface area (Å²) in [6.45, 7) is 0.427. The molecule has 0 aromatic carbocycles. The summed E-state index contributed by atoms with van der Waals surface area (Å²) in [5, 5.41) is 22.5. The lowest BCUT2D eigenvalue weighted by molar-refractivity contribution is -0.386. The second kappa shape index (κ2) is 6.87. The Bertz CT molecular complexity index is 541. The highest BCUT2D eigenvalue weighted by Crippen LogP contribution is 2.28. The van der Waals surface area contributed by atoms with Gasteiger partial charge in [-0.1, -0.05) is 24.4 Å². The molecule has 8 heteroatoms. The smallest absolute Gasteiger partial charge is 0.331 e. The second-order valence-electron chi connectivity index (χ2n) is 5.11. The molecule has 3 N–H and O–H groups in total. The van der Waals surface area contributed by atoms with Gasteiger partial charge in [0.25, 0.3) is 5.88 Å². The molecule has 1 saturated carbocycles. The normalized spacial score (nSPS) is 16.7. The average molecular weight is 294 g/mol. The molecule has 0 radical (unpaired) electrons. The Hall–Kier alpha value is -2.38. The summed E-state index contributed by atoms with van der Waals surface area (Å²) in [4.78, 5) is 14.4. The number of oxime groups is 1. The summed E-state index contributed by atoms with van der Waals surface area (Å²) in [7, 11) is 0. The molecule has 1 aromatic heterocycles. The maximum Gasteiger partial charge on any atom is 0.331 e. The topological polar surface area (TPSA) is 124 Å². The van der Waals surface area contributed by atoms with E-state index in [1.807, 2.05) is 0 Å². The van der Waals surface area contributed by atoms with Crippen LogP contribution in [0.2, 0.25) is 0 Å². The summed E-state index contributed by atoms with van der Waals surface area (Å²) in [5.41, 5.74) is 5.29. The molecule has 114 valence electrons. The minimum absolute atomic E-state index is 0.0277. The summed E-state index contributed by atoms with van der Waals surface area (Å²) >= 11 is 0. The standard InChI is InChI=1S/C13H18N4O4/c14-12(16-18)10-6-11(17(19)20)13(15-7-10)21-8-9-4-2-1-3-5-9/h6-7,9,18H,1-5,8H2,(H2,14,16). The number of ether oxygens (including phenoxy) is 1. The van der Waals surface area contributed by atoms with Crippen LogP contribution in [0.4, 0.5) is 5.69 Å². The van der Waals surface area contributed by atoms with Crippen LogP contribution in [0.15, 0.2) is 17.4 Å². The number of hydrogen-bond acceptors (Lipinski definition) is 6. The van der Waals surface area contributed by atoms with Crippen molar-refractivity contribution in [2.24, 2.45) is 16.8 Å². The number of amidine groups is 1. The average Bonchev–Trinajstić information content (AvgIpc) is 2.52. The maximum absolute atomic E-state index is 11.1. The number of nitrogens with two attached hydrogens (primary N) is 1. The van der Waals surface area contributed by atoms with E-state index >= 15 is 0 Å². The molecular formula is C13H18N4O4. The van der Waals surface area contributed by atoms with E-state index in [0.29, 0.717) is 12.5 Å². The zero-order chi connectivity index (χ0) is 15.2. The molecule has 0 atom stereocenters. The molecule has 8 nitrogen and oxygen atoms in total. The Kier molecular flexibility index (Phi) is 4.91. The second-order valence-corrected chi connectivity index (χ2v) is 5.11. The highest BCUT2D eigenvalue weighted by atomic mass is 16.6. The molecule has 0 saturated heterocycles. The molecule has 2 rings (SSSR count). The Labute approximate surface area is 121 Å².